The first-order chi connectivity index (χ1) is 16.1. The summed E-state index contributed by atoms with van der Waals surface area (Å²) in [6.45, 7) is 9.83. The van der Waals surface area contributed by atoms with Gasteiger partial charge in [-0.15, -0.1) is 0 Å². The highest BCUT2D eigenvalue weighted by atomic mass is 28.3. The largest absolute Gasteiger partial charge is 0.0695 e. The van der Waals surface area contributed by atoms with E-state index in [4.69, 9.17) is 0 Å². The van der Waals surface area contributed by atoms with Crippen molar-refractivity contribution in [3.05, 3.63) is 0 Å². The van der Waals surface area contributed by atoms with Crippen LogP contribution in [-0.4, -0.2) is 8.07 Å². The lowest BCUT2D eigenvalue weighted by atomic mass is 10.0. The normalized spacial score (nSPS) is 12.0. The Hall–Kier alpha value is 0.217. The Morgan fingerprint density at radius 2 is 0.455 bits per heavy atom. The summed E-state index contributed by atoms with van der Waals surface area (Å²) in [5.74, 6) is 0. The van der Waals surface area contributed by atoms with Gasteiger partial charge in [-0.3, -0.25) is 0 Å². The molecule has 0 aliphatic carbocycles. The third-order valence-electron chi connectivity index (χ3n) is 7.53. The van der Waals surface area contributed by atoms with Gasteiger partial charge in [0, 0.05) is 8.07 Å². The monoisotopic (exact) mass is 481 g/mol. The van der Waals surface area contributed by atoms with Gasteiger partial charge in [0.25, 0.3) is 0 Å². The molecule has 0 unspecified atom stereocenters. The van der Waals surface area contributed by atoms with Gasteiger partial charge < -0.3 is 0 Å². The third kappa shape index (κ3) is 32.2. The molecule has 0 atom stereocenters. The summed E-state index contributed by atoms with van der Waals surface area (Å²) in [5.41, 5.74) is 0. The van der Waals surface area contributed by atoms with Gasteiger partial charge in [-0.2, -0.15) is 0 Å². The summed E-state index contributed by atoms with van der Waals surface area (Å²) in [5, 5.41) is 0. The quantitative estimate of drug-likeness (QED) is 0.0771. The van der Waals surface area contributed by atoms with Gasteiger partial charge in [0.05, 0.1) is 0 Å². The molecular formula is C32H68Si. The molecule has 1 heteroatoms. The van der Waals surface area contributed by atoms with Gasteiger partial charge >= 0.3 is 0 Å². The fourth-order valence-corrected chi connectivity index (χ4v) is 6.46. The molecule has 0 amide bonds. The molecule has 0 radical (unpaired) electrons. The Balaban J connectivity index is 3.03. The maximum Gasteiger partial charge on any atom is 0.0442 e. The molecule has 0 aromatic heterocycles. The van der Waals surface area contributed by atoms with Gasteiger partial charge in [0.2, 0.25) is 0 Å². The molecule has 0 aromatic carbocycles. The van der Waals surface area contributed by atoms with E-state index >= 15 is 0 Å². The first kappa shape index (κ1) is 33.2. The van der Waals surface area contributed by atoms with E-state index in [-0.39, 0.29) is 0 Å². The Morgan fingerprint density at radius 3 is 0.636 bits per heavy atom. The minimum absolute atomic E-state index is 0.778. The van der Waals surface area contributed by atoms with Crippen molar-refractivity contribution in [2.45, 2.75) is 206 Å². The van der Waals surface area contributed by atoms with Crippen LogP contribution < -0.4 is 0 Å². The van der Waals surface area contributed by atoms with Crippen molar-refractivity contribution in [1.29, 1.82) is 0 Å². The summed E-state index contributed by atoms with van der Waals surface area (Å²) in [6.07, 6.45) is 40.1. The zero-order valence-electron chi connectivity index (χ0n) is 24.3. The van der Waals surface area contributed by atoms with E-state index in [1.165, 1.54) is 179 Å². The average molecular weight is 481 g/mol. The average Bonchev–Trinajstić information content (AvgIpc) is 2.78. The van der Waals surface area contributed by atoms with Crippen LogP contribution in [0, 0.1) is 0 Å². The van der Waals surface area contributed by atoms with Gasteiger partial charge in [0.1, 0.15) is 0 Å². The fourth-order valence-electron chi connectivity index (χ4n) is 5.15. The van der Waals surface area contributed by atoms with Gasteiger partial charge in [-0.25, -0.2) is 0 Å². The van der Waals surface area contributed by atoms with Crippen LogP contribution in [0.4, 0.5) is 0 Å². The number of hydrogen-bond donors (Lipinski definition) is 0. The van der Waals surface area contributed by atoms with Crippen molar-refractivity contribution >= 4 is 8.07 Å². The minimum Gasteiger partial charge on any atom is -0.0695 e. The first-order valence-corrected chi connectivity index (χ1v) is 19.8. The van der Waals surface area contributed by atoms with Crippen LogP contribution >= 0.6 is 0 Å². The third-order valence-corrected chi connectivity index (χ3v) is 9.38. The van der Waals surface area contributed by atoms with Crippen LogP contribution in [0.5, 0.6) is 0 Å². The molecule has 0 saturated heterocycles. The van der Waals surface area contributed by atoms with Crippen LogP contribution in [0.25, 0.3) is 0 Å². The molecule has 0 N–H and O–H groups in total. The smallest absolute Gasteiger partial charge is 0.0442 e. The topological polar surface area (TPSA) is 0 Å². The summed E-state index contributed by atoms with van der Waals surface area (Å²) in [7, 11) is -0.778. The lowest BCUT2D eigenvalue weighted by Crippen LogP contribution is -2.18. The van der Waals surface area contributed by atoms with Crippen molar-refractivity contribution in [2.75, 3.05) is 0 Å². The zero-order valence-corrected chi connectivity index (χ0v) is 25.3. The van der Waals surface area contributed by atoms with Crippen molar-refractivity contribution in [3.8, 4) is 0 Å². The molecule has 0 aliphatic rings. The molecule has 0 bridgehead atoms. The van der Waals surface area contributed by atoms with Crippen LogP contribution in [0.15, 0.2) is 0 Å². The van der Waals surface area contributed by atoms with Crippen molar-refractivity contribution in [2.24, 2.45) is 0 Å². The van der Waals surface area contributed by atoms with Crippen LogP contribution in [0.2, 0.25) is 25.7 Å². The van der Waals surface area contributed by atoms with Crippen molar-refractivity contribution < 1.29 is 0 Å². The molecule has 0 spiro atoms. The molecule has 0 rings (SSSR count). The summed E-state index contributed by atoms with van der Waals surface area (Å²) < 4.78 is 0. The maximum absolute atomic E-state index is 2.51. The second-order valence-electron chi connectivity index (χ2n) is 12.5. The molecule has 33 heavy (non-hydrogen) atoms. The van der Waals surface area contributed by atoms with Gasteiger partial charge in [0.15, 0.2) is 0 Å². The van der Waals surface area contributed by atoms with E-state index in [1.54, 1.807) is 0 Å². The molecule has 0 fully saturated rings. The highest BCUT2D eigenvalue weighted by Crippen LogP contribution is 2.17. The fraction of sp³-hybridized carbons (Fsp3) is 1.00. The Labute approximate surface area is 213 Å². The number of rotatable bonds is 28. The van der Waals surface area contributed by atoms with E-state index in [0.29, 0.717) is 0 Å². The molecule has 0 saturated carbocycles. The maximum atomic E-state index is 2.51. The van der Waals surface area contributed by atoms with Crippen LogP contribution in [0.3, 0.4) is 0 Å². The summed E-state index contributed by atoms with van der Waals surface area (Å²) in [4.78, 5) is 0. The lowest BCUT2D eigenvalue weighted by Gasteiger charge is -2.14. The summed E-state index contributed by atoms with van der Waals surface area (Å²) in [6, 6.07) is 1.53. The Bertz CT molecular complexity index is 343. The predicted octanol–water partition coefficient (Wildman–Crippen LogP) is 12.9. The van der Waals surface area contributed by atoms with E-state index in [0.717, 1.165) is 0 Å². The standard InChI is InChI=1S/C32H68Si/c1-5-6-7-8-9-10-11-12-13-14-15-16-17-18-19-20-21-22-23-24-25-26-27-28-29-30-31-32-33(2,3)4/h5-32H2,1-4H3. The highest BCUT2D eigenvalue weighted by Gasteiger charge is 2.11. The molecular weight excluding hydrogens is 412 g/mol. The highest BCUT2D eigenvalue weighted by molar-refractivity contribution is 6.76. The zero-order chi connectivity index (χ0) is 24.3. The predicted molar refractivity (Wildman–Crippen MR) is 158 cm³/mol. The molecule has 0 heterocycles. The second-order valence-corrected chi connectivity index (χ2v) is 18.1. The molecule has 0 nitrogen and oxygen atoms in total. The second kappa shape index (κ2) is 26.8. The molecule has 0 aliphatic heterocycles. The number of unbranched alkanes of at least 4 members (excludes halogenated alkanes) is 26. The van der Waals surface area contributed by atoms with E-state index in [1.807, 2.05) is 0 Å². The Morgan fingerprint density at radius 1 is 0.273 bits per heavy atom. The van der Waals surface area contributed by atoms with E-state index in [2.05, 4.69) is 26.6 Å². The van der Waals surface area contributed by atoms with Crippen LogP contribution in [0.1, 0.15) is 180 Å². The van der Waals surface area contributed by atoms with Gasteiger partial charge in [-0.1, -0.05) is 206 Å². The van der Waals surface area contributed by atoms with Crippen molar-refractivity contribution in [3.63, 3.8) is 0 Å². The minimum atomic E-state index is -0.778. The Kier molecular flexibility index (Phi) is 27.0. The van der Waals surface area contributed by atoms with E-state index in [9.17, 15) is 0 Å². The lowest BCUT2D eigenvalue weighted by molar-refractivity contribution is 0.515. The molecule has 0 aromatic rings. The SMILES string of the molecule is CCCCCCCCCCCCCCCCCCCCCCCCCCCCC[Si](C)(C)C. The van der Waals surface area contributed by atoms with Gasteiger partial charge in [-0.05, 0) is 0 Å². The van der Waals surface area contributed by atoms with Crippen LogP contribution in [-0.2, 0) is 0 Å². The molecule has 200 valence electrons. The first-order valence-electron chi connectivity index (χ1n) is 16.1. The number of hydrogen-bond acceptors (Lipinski definition) is 0. The summed E-state index contributed by atoms with van der Waals surface area (Å²) >= 11 is 0. The van der Waals surface area contributed by atoms with E-state index < -0.39 is 8.07 Å². The van der Waals surface area contributed by atoms with Crippen molar-refractivity contribution in [1.82, 2.24) is 0 Å².